The Balaban J connectivity index is 1.32. The van der Waals surface area contributed by atoms with Gasteiger partial charge in [0.15, 0.2) is 0 Å². The molecule has 0 radical (unpaired) electrons. The van der Waals surface area contributed by atoms with Gasteiger partial charge in [-0.1, -0.05) is 121 Å². The predicted octanol–water partition coefficient (Wildman–Crippen LogP) is 11.1. The van der Waals surface area contributed by atoms with E-state index in [1.54, 1.807) is 0 Å². The van der Waals surface area contributed by atoms with E-state index < -0.39 is 0 Å². The van der Waals surface area contributed by atoms with Gasteiger partial charge in [0.2, 0.25) is 0 Å². The molecular weight excluding hydrogens is 544 g/mol. The third-order valence-electron chi connectivity index (χ3n) is 7.69. The Bertz CT molecular complexity index is 1890. The zero-order valence-corrected chi connectivity index (χ0v) is 24.1. The first kappa shape index (κ1) is 26.6. The molecule has 2 nitrogen and oxygen atoms in total. The lowest BCUT2D eigenvalue weighted by Gasteiger charge is -2.15. The van der Waals surface area contributed by atoms with E-state index in [2.05, 4.69) is 125 Å². The molecule has 0 unspecified atom stereocenters. The number of hydrogen-bond acceptors (Lipinski definition) is 2. The summed E-state index contributed by atoms with van der Waals surface area (Å²) in [5.41, 5.74) is 13.1. The summed E-state index contributed by atoms with van der Waals surface area (Å²) in [5, 5.41) is 0.685. The molecule has 204 valence electrons. The lowest BCUT2D eigenvalue weighted by Crippen LogP contribution is -1.91. The summed E-state index contributed by atoms with van der Waals surface area (Å²) < 4.78 is 0. The molecule has 0 aliphatic rings. The number of hydrogen-bond donors (Lipinski definition) is 0. The van der Waals surface area contributed by atoms with Crippen molar-refractivity contribution in [3.05, 3.63) is 169 Å². The maximum Gasteiger partial charge on any atom is 0.0418 e. The van der Waals surface area contributed by atoms with Crippen LogP contribution in [-0.4, -0.2) is 9.97 Å². The first-order valence-corrected chi connectivity index (χ1v) is 14.6. The van der Waals surface area contributed by atoms with Crippen LogP contribution in [0.5, 0.6) is 0 Å². The Hall–Kier alpha value is -5.31. The van der Waals surface area contributed by atoms with Crippen LogP contribution in [-0.2, 0) is 0 Å². The second kappa shape index (κ2) is 11.9. The summed E-state index contributed by atoms with van der Waals surface area (Å²) in [6.45, 7) is 0. The molecule has 0 fully saturated rings. The molecule has 0 atom stereocenters. The zero-order valence-electron chi connectivity index (χ0n) is 23.4. The minimum absolute atomic E-state index is 0.685. The Labute approximate surface area is 257 Å². The topological polar surface area (TPSA) is 25.8 Å². The highest BCUT2D eigenvalue weighted by Crippen LogP contribution is 2.39. The molecule has 0 N–H and O–H groups in total. The van der Waals surface area contributed by atoms with Gasteiger partial charge in [-0.3, -0.25) is 9.97 Å². The van der Waals surface area contributed by atoms with E-state index in [4.69, 9.17) is 11.6 Å². The van der Waals surface area contributed by atoms with E-state index >= 15 is 0 Å². The summed E-state index contributed by atoms with van der Waals surface area (Å²) in [7, 11) is 0. The highest BCUT2D eigenvalue weighted by atomic mass is 35.5. The molecule has 2 heterocycles. The summed E-state index contributed by atoms with van der Waals surface area (Å²) in [6.07, 6.45) is 7.69. The van der Waals surface area contributed by atoms with E-state index in [-0.39, 0.29) is 0 Å². The van der Waals surface area contributed by atoms with Crippen LogP contribution in [0.3, 0.4) is 0 Å². The van der Waals surface area contributed by atoms with Gasteiger partial charge in [-0.2, -0.15) is 0 Å². The number of nitrogens with zero attached hydrogens (tertiary/aromatic N) is 2. The molecular formula is C40H27ClN2. The van der Waals surface area contributed by atoms with E-state index in [0.717, 1.165) is 66.8 Å². The standard InChI is InChI=1S/C40H27ClN2/c41-36-22-30(37-15-7-9-17-39(37)34-20-32(24-42-26-34)28-11-3-1-4-12-28)19-31(23-36)38-16-8-10-18-40(38)35-21-33(25-43-27-35)29-13-5-2-6-14-29/h1-27H. The average molecular weight is 571 g/mol. The molecule has 7 aromatic rings. The first-order valence-electron chi connectivity index (χ1n) is 14.2. The molecule has 3 heteroatoms. The van der Waals surface area contributed by atoms with Crippen molar-refractivity contribution in [3.8, 4) is 66.8 Å². The minimum atomic E-state index is 0.685. The molecule has 0 saturated heterocycles. The fraction of sp³-hybridized carbons (Fsp3) is 0. The normalized spacial score (nSPS) is 10.9. The van der Waals surface area contributed by atoms with Crippen molar-refractivity contribution < 1.29 is 0 Å². The van der Waals surface area contributed by atoms with Gasteiger partial charge in [0.05, 0.1) is 0 Å². The molecule has 0 aliphatic carbocycles. The molecule has 7 rings (SSSR count). The Morgan fingerprint density at radius 1 is 0.302 bits per heavy atom. The second-order valence-electron chi connectivity index (χ2n) is 10.5. The number of rotatable bonds is 6. The Morgan fingerprint density at radius 3 is 1.05 bits per heavy atom. The summed E-state index contributed by atoms with van der Waals surface area (Å²) >= 11 is 6.83. The van der Waals surface area contributed by atoms with Crippen molar-refractivity contribution in [2.45, 2.75) is 0 Å². The summed E-state index contributed by atoms with van der Waals surface area (Å²) in [6, 6.07) is 48.3. The largest absolute Gasteiger partial charge is 0.263 e. The maximum atomic E-state index is 6.83. The van der Waals surface area contributed by atoms with Gasteiger partial charge in [-0.05, 0) is 74.8 Å². The van der Waals surface area contributed by atoms with Crippen molar-refractivity contribution in [1.29, 1.82) is 0 Å². The van der Waals surface area contributed by atoms with Crippen LogP contribution in [0.2, 0.25) is 5.02 Å². The third-order valence-corrected chi connectivity index (χ3v) is 7.90. The molecule has 0 saturated carbocycles. The highest BCUT2D eigenvalue weighted by Gasteiger charge is 2.14. The number of aromatic nitrogens is 2. The number of pyridine rings is 2. The smallest absolute Gasteiger partial charge is 0.0418 e. The third kappa shape index (κ3) is 5.61. The van der Waals surface area contributed by atoms with Gasteiger partial charge in [-0.15, -0.1) is 0 Å². The average Bonchev–Trinajstić information content (AvgIpc) is 3.09. The fourth-order valence-electron chi connectivity index (χ4n) is 5.63. The van der Waals surface area contributed by atoms with E-state index in [1.165, 1.54) is 0 Å². The summed E-state index contributed by atoms with van der Waals surface area (Å²) in [4.78, 5) is 9.19. The molecule has 0 bridgehead atoms. The van der Waals surface area contributed by atoms with Gasteiger partial charge < -0.3 is 0 Å². The zero-order chi connectivity index (χ0) is 29.0. The van der Waals surface area contributed by atoms with Crippen molar-refractivity contribution in [1.82, 2.24) is 9.97 Å². The predicted molar refractivity (Wildman–Crippen MR) is 180 cm³/mol. The van der Waals surface area contributed by atoms with Gasteiger partial charge >= 0.3 is 0 Å². The maximum absolute atomic E-state index is 6.83. The quantitative estimate of drug-likeness (QED) is 0.199. The van der Waals surface area contributed by atoms with Crippen molar-refractivity contribution in [2.24, 2.45) is 0 Å². The molecule has 0 aliphatic heterocycles. The van der Waals surface area contributed by atoms with Crippen molar-refractivity contribution >= 4 is 11.6 Å². The van der Waals surface area contributed by atoms with Crippen LogP contribution >= 0.6 is 11.6 Å². The number of halogens is 1. The van der Waals surface area contributed by atoms with Gasteiger partial charge in [0.1, 0.15) is 0 Å². The van der Waals surface area contributed by atoms with Gasteiger partial charge in [0, 0.05) is 52.1 Å². The first-order chi connectivity index (χ1) is 21.2. The van der Waals surface area contributed by atoms with Crippen molar-refractivity contribution in [3.63, 3.8) is 0 Å². The molecule has 2 aromatic heterocycles. The van der Waals surface area contributed by atoms with Gasteiger partial charge in [0.25, 0.3) is 0 Å². The summed E-state index contributed by atoms with van der Waals surface area (Å²) in [5.74, 6) is 0. The fourth-order valence-corrected chi connectivity index (χ4v) is 5.86. The lowest BCUT2D eigenvalue weighted by molar-refractivity contribution is 1.33. The molecule has 43 heavy (non-hydrogen) atoms. The van der Waals surface area contributed by atoms with E-state index in [1.807, 2.05) is 49.1 Å². The highest BCUT2D eigenvalue weighted by molar-refractivity contribution is 6.31. The van der Waals surface area contributed by atoms with Crippen LogP contribution in [0, 0.1) is 0 Å². The molecule has 0 spiro atoms. The SMILES string of the molecule is Clc1cc(-c2ccccc2-c2cncc(-c3ccccc3)c2)cc(-c2ccccc2-c2cncc(-c3ccccc3)c2)c1. The lowest BCUT2D eigenvalue weighted by atomic mass is 9.90. The monoisotopic (exact) mass is 570 g/mol. The Kier molecular flexibility index (Phi) is 7.35. The van der Waals surface area contributed by atoms with Crippen LogP contribution < -0.4 is 0 Å². The Morgan fingerprint density at radius 2 is 0.628 bits per heavy atom. The van der Waals surface area contributed by atoms with Gasteiger partial charge in [-0.25, -0.2) is 0 Å². The van der Waals surface area contributed by atoms with Crippen LogP contribution in [0.1, 0.15) is 0 Å². The van der Waals surface area contributed by atoms with Crippen LogP contribution in [0.15, 0.2) is 164 Å². The number of benzene rings is 5. The molecule has 0 amide bonds. The van der Waals surface area contributed by atoms with Crippen LogP contribution in [0.25, 0.3) is 66.8 Å². The van der Waals surface area contributed by atoms with Crippen LogP contribution in [0.4, 0.5) is 0 Å². The molecule has 5 aromatic carbocycles. The van der Waals surface area contributed by atoms with Crippen molar-refractivity contribution in [2.75, 3.05) is 0 Å². The second-order valence-corrected chi connectivity index (χ2v) is 10.9. The van der Waals surface area contributed by atoms with E-state index in [9.17, 15) is 0 Å². The van der Waals surface area contributed by atoms with E-state index in [0.29, 0.717) is 5.02 Å². The minimum Gasteiger partial charge on any atom is -0.263 e.